The molecule has 0 saturated carbocycles. The quantitative estimate of drug-likeness (QED) is 0.701. The molecule has 0 aromatic heterocycles. The predicted octanol–water partition coefficient (Wildman–Crippen LogP) is 1.88. The third-order valence-electron chi connectivity index (χ3n) is 3.27. The maximum absolute atomic E-state index is 11.9. The average molecular weight is 292 g/mol. The number of benzene rings is 1. The Hall–Kier alpha value is -1.88. The van der Waals surface area contributed by atoms with Gasteiger partial charge in [0.1, 0.15) is 0 Å². The molecule has 1 atom stereocenters. The minimum Gasteiger partial charge on any atom is -0.396 e. The lowest BCUT2D eigenvalue weighted by Crippen LogP contribution is -2.38. The number of aliphatic hydroxyl groups excluding tert-OH is 1. The molecule has 2 amide bonds. The number of aliphatic hydroxyl groups is 1. The molecule has 0 aliphatic heterocycles. The lowest BCUT2D eigenvalue weighted by Gasteiger charge is -2.14. The first-order chi connectivity index (χ1) is 9.95. The number of nitrogens with one attached hydrogen (secondary N) is 2. The minimum absolute atomic E-state index is 0.0744. The van der Waals surface area contributed by atoms with Crippen molar-refractivity contribution in [2.75, 3.05) is 18.5 Å². The summed E-state index contributed by atoms with van der Waals surface area (Å²) in [6, 6.07) is 7.45. The van der Waals surface area contributed by atoms with Crippen LogP contribution in [-0.4, -0.2) is 30.1 Å². The first-order valence-electron chi connectivity index (χ1n) is 7.24. The first-order valence-corrected chi connectivity index (χ1v) is 7.24. The Morgan fingerprint density at radius 1 is 1.14 bits per heavy atom. The Labute approximate surface area is 125 Å². The van der Waals surface area contributed by atoms with Crippen LogP contribution < -0.4 is 10.6 Å². The number of hydrogen-bond acceptors (Lipinski definition) is 3. The van der Waals surface area contributed by atoms with Gasteiger partial charge in [-0.15, -0.1) is 0 Å². The smallest absolute Gasteiger partial charge is 0.313 e. The van der Waals surface area contributed by atoms with Crippen molar-refractivity contribution in [3.05, 3.63) is 29.8 Å². The van der Waals surface area contributed by atoms with Crippen molar-refractivity contribution < 1.29 is 14.7 Å². The van der Waals surface area contributed by atoms with Gasteiger partial charge in [-0.2, -0.15) is 0 Å². The molecule has 3 N–H and O–H groups in total. The summed E-state index contributed by atoms with van der Waals surface area (Å²) in [5.41, 5.74) is 1.66. The molecule has 0 spiro atoms. The molecule has 116 valence electrons. The van der Waals surface area contributed by atoms with Gasteiger partial charge in [0.15, 0.2) is 0 Å². The van der Waals surface area contributed by atoms with Gasteiger partial charge in [0.25, 0.3) is 0 Å². The van der Waals surface area contributed by atoms with Crippen molar-refractivity contribution in [3.8, 4) is 0 Å². The molecular formula is C16H24N2O3. The molecule has 0 aliphatic rings. The van der Waals surface area contributed by atoms with Crippen LogP contribution in [0, 0.1) is 5.92 Å². The van der Waals surface area contributed by atoms with Crippen LogP contribution >= 0.6 is 0 Å². The second-order valence-corrected chi connectivity index (χ2v) is 5.52. The Bertz CT molecular complexity index is 486. The summed E-state index contributed by atoms with van der Waals surface area (Å²) in [6.07, 6.45) is 0.595. The number of anilines is 1. The lowest BCUT2D eigenvalue weighted by atomic mass is 10.0. The number of amides is 2. The lowest BCUT2D eigenvalue weighted by molar-refractivity contribution is -0.136. The molecule has 0 fully saturated rings. The molecule has 0 aliphatic carbocycles. The number of rotatable bonds is 6. The molecule has 21 heavy (non-hydrogen) atoms. The third-order valence-corrected chi connectivity index (χ3v) is 3.27. The molecular weight excluding hydrogens is 268 g/mol. The Kier molecular flexibility index (Phi) is 6.88. The van der Waals surface area contributed by atoms with Gasteiger partial charge >= 0.3 is 11.8 Å². The number of hydrogen-bond donors (Lipinski definition) is 3. The summed E-state index contributed by atoms with van der Waals surface area (Å²) < 4.78 is 0. The largest absolute Gasteiger partial charge is 0.396 e. The molecule has 1 aromatic rings. The number of carbonyl (C=O) groups is 2. The average Bonchev–Trinajstić information content (AvgIpc) is 2.45. The van der Waals surface area contributed by atoms with Crippen molar-refractivity contribution in [2.24, 2.45) is 5.92 Å². The predicted molar refractivity (Wildman–Crippen MR) is 83.0 cm³/mol. The third kappa shape index (κ3) is 5.55. The zero-order valence-corrected chi connectivity index (χ0v) is 12.8. The van der Waals surface area contributed by atoms with E-state index in [9.17, 15) is 9.59 Å². The van der Waals surface area contributed by atoms with Gasteiger partial charge in [-0.05, 0) is 29.9 Å². The van der Waals surface area contributed by atoms with E-state index in [1.54, 1.807) is 6.07 Å². The summed E-state index contributed by atoms with van der Waals surface area (Å²) in [4.78, 5) is 23.6. The van der Waals surface area contributed by atoms with Crippen LogP contribution in [-0.2, 0) is 9.59 Å². The fourth-order valence-electron chi connectivity index (χ4n) is 1.96. The topological polar surface area (TPSA) is 78.4 Å². The number of carbonyl (C=O) groups excluding carboxylic acids is 2. The van der Waals surface area contributed by atoms with E-state index in [1.807, 2.05) is 39.0 Å². The van der Waals surface area contributed by atoms with Gasteiger partial charge in [0.05, 0.1) is 0 Å². The summed E-state index contributed by atoms with van der Waals surface area (Å²) in [5.74, 6) is -0.929. The highest BCUT2D eigenvalue weighted by Crippen LogP contribution is 2.23. The van der Waals surface area contributed by atoms with E-state index in [-0.39, 0.29) is 18.4 Å². The van der Waals surface area contributed by atoms with Crippen molar-refractivity contribution in [1.29, 1.82) is 0 Å². The standard InChI is InChI=1S/C16H24N2O3/c1-11(2)13-6-4-5-7-14(13)18-16(21)15(20)17-10-12(3)8-9-19/h4-7,11-12,19H,8-10H2,1-3H3,(H,17,20)(H,18,21). The van der Waals surface area contributed by atoms with Crippen molar-refractivity contribution >= 4 is 17.5 Å². The summed E-state index contributed by atoms with van der Waals surface area (Å²) in [7, 11) is 0. The molecule has 0 bridgehead atoms. The highest BCUT2D eigenvalue weighted by molar-refractivity contribution is 6.39. The van der Waals surface area contributed by atoms with Crippen LogP contribution in [0.15, 0.2) is 24.3 Å². The second kappa shape index (κ2) is 8.42. The summed E-state index contributed by atoms with van der Waals surface area (Å²) in [6.45, 7) is 6.41. The monoisotopic (exact) mass is 292 g/mol. The zero-order chi connectivity index (χ0) is 15.8. The zero-order valence-electron chi connectivity index (χ0n) is 12.8. The summed E-state index contributed by atoms with van der Waals surface area (Å²) >= 11 is 0. The van der Waals surface area contributed by atoms with Crippen LogP contribution in [0.25, 0.3) is 0 Å². The summed E-state index contributed by atoms with van der Waals surface area (Å²) in [5, 5.41) is 14.0. The van der Waals surface area contributed by atoms with Gasteiger partial charge in [-0.1, -0.05) is 39.0 Å². The van der Waals surface area contributed by atoms with E-state index in [4.69, 9.17) is 5.11 Å². The normalized spacial score (nSPS) is 12.0. The maximum atomic E-state index is 11.9. The van der Waals surface area contributed by atoms with E-state index in [0.29, 0.717) is 18.7 Å². The fourth-order valence-corrected chi connectivity index (χ4v) is 1.96. The van der Waals surface area contributed by atoms with Crippen LogP contribution in [0.1, 0.15) is 38.7 Å². The van der Waals surface area contributed by atoms with Crippen LogP contribution in [0.4, 0.5) is 5.69 Å². The fraction of sp³-hybridized carbons (Fsp3) is 0.500. The van der Waals surface area contributed by atoms with Gasteiger partial charge in [-0.3, -0.25) is 9.59 Å². The SMILES string of the molecule is CC(CCO)CNC(=O)C(=O)Nc1ccccc1C(C)C. The van der Waals surface area contributed by atoms with Gasteiger partial charge in [0.2, 0.25) is 0 Å². The minimum atomic E-state index is -0.667. The van der Waals surface area contributed by atoms with Crippen molar-refractivity contribution in [2.45, 2.75) is 33.1 Å². The van der Waals surface area contributed by atoms with E-state index in [1.165, 1.54) is 0 Å². The second-order valence-electron chi connectivity index (χ2n) is 5.52. The molecule has 5 nitrogen and oxygen atoms in total. The highest BCUT2D eigenvalue weighted by Gasteiger charge is 2.16. The maximum Gasteiger partial charge on any atom is 0.313 e. The van der Waals surface area contributed by atoms with Crippen LogP contribution in [0.2, 0.25) is 0 Å². The van der Waals surface area contributed by atoms with Gasteiger partial charge < -0.3 is 15.7 Å². The van der Waals surface area contributed by atoms with Gasteiger partial charge in [-0.25, -0.2) is 0 Å². The van der Waals surface area contributed by atoms with E-state index < -0.39 is 11.8 Å². The van der Waals surface area contributed by atoms with Crippen molar-refractivity contribution in [1.82, 2.24) is 5.32 Å². The molecule has 1 rings (SSSR count). The Balaban J connectivity index is 2.59. The molecule has 0 radical (unpaired) electrons. The van der Waals surface area contributed by atoms with Crippen LogP contribution in [0.3, 0.4) is 0 Å². The van der Waals surface area contributed by atoms with E-state index in [0.717, 1.165) is 5.56 Å². The number of para-hydroxylation sites is 1. The Morgan fingerprint density at radius 3 is 2.43 bits per heavy atom. The van der Waals surface area contributed by atoms with E-state index in [2.05, 4.69) is 10.6 Å². The first kappa shape index (κ1) is 17.2. The molecule has 0 heterocycles. The van der Waals surface area contributed by atoms with E-state index >= 15 is 0 Å². The van der Waals surface area contributed by atoms with Gasteiger partial charge in [0, 0.05) is 18.8 Å². The molecule has 0 saturated heterocycles. The van der Waals surface area contributed by atoms with Crippen LogP contribution in [0.5, 0.6) is 0 Å². The molecule has 1 aromatic carbocycles. The van der Waals surface area contributed by atoms with Crippen molar-refractivity contribution in [3.63, 3.8) is 0 Å². The highest BCUT2D eigenvalue weighted by atomic mass is 16.3. The molecule has 5 heteroatoms. The molecule has 1 unspecified atom stereocenters. The Morgan fingerprint density at radius 2 is 1.81 bits per heavy atom.